The summed E-state index contributed by atoms with van der Waals surface area (Å²) < 4.78 is 28.0. The number of nitro groups is 1. The average Bonchev–Trinajstić information content (AvgIpc) is 2.77. The third-order valence-corrected chi connectivity index (χ3v) is 5.17. The van der Waals surface area contributed by atoms with Crippen LogP contribution in [0.2, 0.25) is 0 Å². The Morgan fingerprint density at radius 2 is 1.32 bits per heavy atom. The van der Waals surface area contributed by atoms with Crippen LogP contribution in [0.1, 0.15) is 22.3 Å². The third kappa shape index (κ3) is 6.48. The Morgan fingerprint density at radius 3 is 1.90 bits per heavy atom. The van der Waals surface area contributed by atoms with E-state index in [1.807, 2.05) is 54.6 Å². The van der Waals surface area contributed by atoms with Gasteiger partial charge in [-0.3, -0.25) is 10.1 Å². The summed E-state index contributed by atoms with van der Waals surface area (Å²) in [5.41, 5.74) is 8.74. The number of rotatable bonds is 7. The first-order chi connectivity index (χ1) is 14.8. The Balaban J connectivity index is 1.70. The number of nitrogens with zero attached hydrogens (tertiary/aromatic N) is 2. The molecule has 0 amide bonds. The molecule has 0 saturated heterocycles. The van der Waals surface area contributed by atoms with Crippen molar-refractivity contribution in [3.8, 4) is 0 Å². The lowest BCUT2D eigenvalue weighted by Crippen LogP contribution is -2.15. The monoisotopic (exact) mass is 433 g/mol. The minimum Gasteiger partial charge on any atom is -0.383 e. The molecule has 8 heteroatoms. The van der Waals surface area contributed by atoms with E-state index in [-0.39, 0.29) is 11.5 Å². The number of hydrogen-bond acceptors (Lipinski definition) is 4. The Labute approximate surface area is 180 Å². The number of hydrogen-bond donors (Lipinski definition) is 1. The molecule has 0 aliphatic heterocycles. The average molecular weight is 433 g/mol. The van der Waals surface area contributed by atoms with Gasteiger partial charge < -0.3 is 5.73 Å². The summed E-state index contributed by atoms with van der Waals surface area (Å²) in [6.45, 7) is 0. The van der Waals surface area contributed by atoms with Crippen LogP contribution in [0.25, 0.3) is 18.2 Å². The van der Waals surface area contributed by atoms with Crippen LogP contribution in [-0.4, -0.2) is 19.2 Å². The highest BCUT2D eigenvalue weighted by Gasteiger charge is 2.07. The molecule has 2 N–H and O–H groups in total. The fourth-order valence-corrected chi connectivity index (χ4v) is 3.38. The lowest BCUT2D eigenvalue weighted by molar-refractivity contribution is -0.384. The number of sulfonamides is 1. The first kappa shape index (κ1) is 21.7. The van der Waals surface area contributed by atoms with Crippen molar-refractivity contribution in [3.05, 3.63) is 117 Å². The molecular weight excluding hydrogens is 414 g/mol. The molecule has 0 bridgehead atoms. The molecule has 3 aromatic rings. The summed E-state index contributed by atoms with van der Waals surface area (Å²) >= 11 is 0. The molecule has 0 unspecified atom stereocenters. The summed E-state index contributed by atoms with van der Waals surface area (Å²) in [7, 11) is -3.98. The van der Waals surface area contributed by atoms with Gasteiger partial charge in [0.05, 0.1) is 10.3 Å². The van der Waals surface area contributed by atoms with Gasteiger partial charge in [0.1, 0.15) is 5.84 Å². The van der Waals surface area contributed by atoms with Gasteiger partial charge in [0.25, 0.3) is 15.7 Å². The Kier molecular flexibility index (Phi) is 6.74. The maximum absolute atomic E-state index is 12.2. The zero-order chi connectivity index (χ0) is 22.3. The molecule has 0 atom stereocenters. The summed E-state index contributed by atoms with van der Waals surface area (Å²) in [4.78, 5) is 10.1. The van der Waals surface area contributed by atoms with Gasteiger partial charge in [-0.2, -0.15) is 8.42 Å². The van der Waals surface area contributed by atoms with E-state index in [0.717, 1.165) is 16.5 Å². The van der Waals surface area contributed by atoms with E-state index in [9.17, 15) is 18.5 Å². The highest BCUT2D eigenvalue weighted by Crippen LogP contribution is 2.14. The van der Waals surface area contributed by atoms with Crippen molar-refractivity contribution in [2.45, 2.75) is 0 Å². The van der Waals surface area contributed by atoms with Crippen LogP contribution >= 0.6 is 0 Å². The number of nitro benzene ring substituents is 1. The van der Waals surface area contributed by atoms with Gasteiger partial charge in [-0.25, -0.2) is 0 Å². The van der Waals surface area contributed by atoms with Crippen LogP contribution in [0.4, 0.5) is 5.69 Å². The quantitative estimate of drug-likeness (QED) is 0.194. The Bertz CT molecular complexity index is 1250. The molecule has 7 nitrogen and oxygen atoms in total. The molecule has 0 saturated carbocycles. The van der Waals surface area contributed by atoms with Crippen LogP contribution in [0.15, 0.2) is 88.7 Å². The predicted molar refractivity (Wildman–Crippen MR) is 124 cm³/mol. The molecule has 31 heavy (non-hydrogen) atoms. The smallest absolute Gasteiger partial charge is 0.277 e. The zero-order valence-electron chi connectivity index (χ0n) is 16.3. The van der Waals surface area contributed by atoms with E-state index in [1.165, 1.54) is 30.3 Å². The van der Waals surface area contributed by atoms with Gasteiger partial charge in [0.2, 0.25) is 0 Å². The third-order valence-electron chi connectivity index (χ3n) is 4.24. The molecule has 0 radical (unpaired) electrons. The molecule has 0 fully saturated rings. The van der Waals surface area contributed by atoms with E-state index in [1.54, 1.807) is 12.1 Å². The van der Waals surface area contributed by atoms with Gasteiger partial charge in [0.15, 0.2) is 0 Å². The van der Waals surface area contributed by atoms with E-state index >= 15 is 0 Å². The van der Waals surface area contributed by atoms with Gasteiger partial charge in [0, 0.05) is 17.7 Å². The second-order valence-corrected chi connectivity index (χ2v) is 7.99. The van der Waals surface area contributed by atoms with E-state index < -0.39 is 14.9 Å². The molecule has 0 aliphatic rings. The van der Waals surface area contributed by atoms with Crippen LogP contribution in [0, 0.1) is 10.1 Å². The van der Waals surface area contributed by atoms with Crippen molar-refractivity contribution in [2.24, 2.45) is 10.1 Å². The minimum atomic E-state index is -3.98. The molecule has 0 heterocycles. The summed E-state index contributed by atoms with van der Waals surface area (Å²) in [6.07, 6.45) is 5.21. The van der Waals surface area contributed by atoms with Gasteiger partial charge in [-0.05, 0) is 34.9 Å². The molecule has 0 aromatic heterocycles. The lowest BCUT2D eigenvalue weighted by atomic mass is 10.1. The van der Waals surface area contributed by atoms with Crippen molar-refractivity contribution >= 4 is 39.8 Å². The SMILES string of the molecule is NC(=NS(=O)(=O)C=Cc1ccc([N+](=O)[O-])cc1)c1ccc(C=Cc2ccccc2)cc1. The van der Waals surface area contributed by atoms with Crippen molar-refractivity contribution in [1.82, 2.24) is 0 Å². The Hall–Kier alpha value is -4.04. The highest BCUT2D eigenvalue weighted by molar-refractivity contribution is 7.93. The summed E-state index contributed by atoms with van der Waals surface area (Å²) in [6, 6.07) is 22.3. The minimum absolute atomic E-state index is 0.0793. The molecule has 0 aliphatic carbocycles. The predicted octanol–water partition coefficient (Wildman–Crippen LogP) is 4.47. The standard InChI is InChI=1S/C23H19N3O4S/c24-23(21-12-8-19(9-13-21)7-6-18-4-2-1-3-5-18)25-31(29,30)17-16-20-10-14-22(15-11-20)26(27)28/h1-17H,(H2,24,25). The normalized spacial score (nSPS) is 12.5. The van der Waals surface area contributed by atoms with Crippen molar-refractivity contribution in [1.29, 1.82) is 0 Å². The fraction of sp³-hybridized carbons (Fsp3) is 0. The van der Waals surface area contributed by atoms with Crippen molar-refractivity contribution in [3.63, 3.8) is 0 Å². The first-order valence-corrected chi connectivity index (χ1v) is 10.7. The lowest BCUT2D eigenvalue weighted by Gasteiger charge is -2.01. The van der Waals surface area contributed by atoms with Crippen LogP contribution in [0.5, 0.6) is 0 Å². The number of non-ortho nitro benzene ring substituents is 1. The van der Waals surface area contributed by atoms with E-state index in [2.05, 4.69) is 4.40 Å². The van der Waals surface area contributed by atoms with Gasteiger partial charge in [-0.15, -0.1) is 4.40 Å². The van der Waals surface area contributed by atoms with Crippen LogP contribution in [-0.2, 0) is 10.0 Å². The number of nitrogens with two attached hydrogens (primary N) is 1. The zero-order valence-corrected chi connectivity index (χ0v) is 17.1. The van der Waals surface area contributed by atoms with E-state index in [4.69, 9.17) is 5.73 Å². The topological polar surface area (TPSA) is 116 Å². The molecule has 3 aromatic carbocycles. The fourth-order valence-electron chi connectivity index (χ4n) is 2.61. The maximum Gasteiger partial charge on any atom is 0.277 e. The molecule has 3 rings (SSSR count). The largest absolute Gasteiger partial charge is 0.383 e. The van der Waals surface area contributed by atoms with E-state index in [0.29, 0.717) is 11.1 Å². The van der Waals surface area contributed by atoms with Crippen molar-refractivity contribution in [2.75, 3.05) is 0 Å². The van der Waals surface area contributed by atoms with Crippen molar-refractivity contribution < 1.29 is 13.3 Å². The second-order valence-electron chi connectivity index (χ2n) is 6.51. The maximum atomic E-state index is 12.2. The van der Waals surface area contributed by atoms with Crippen LogP contribution in [0.3, 0.4) is 0 Å². The molecule has 0 spiro atoms. The second kappa shape index (κ2) is 9.64. The van der Waals surface area contributed by atoms with Gasteiger partial charge >= 0.3 is 0 Å². The molecule has 156 valence electrons. The molecular formula is C23H19N3O4S. The first-order valence-electron chi connectivity index (χ1n) is 9.19. The number of benzene rings is 3. The summed E-state index contributed by atoms with van der Waals surface area (Å²) in [5.74, 6) is -0.132. The van der Waals surface area contributed by atoms with Gasteiger partial charge in [-0.1, -0.05) is 66.7 Å². The number of amidine groups is 1. The highest BCUT2D eigenvalue weighted by atomic mass is 32.2. The summed E-state index contributed by atoms with van der Waals surface area (Å²) in [5, 5.41) is 11.6. The van der Waals surface area contributed by atoms with Crippen LogP contribution < -0.4 is 5.73 Å². The Morgan fingerprint density at radius 1 is 0.806 bits per heavy atom.